The van der Waals surface area contributed by atoms with Crippen LogP contribution in [0.3, 0.4) is 0 Å². The summed E-state index contributed by atoms with van der Waals surface area (Å²) in [5, 5.41) is 2.31. The van der Waals surface area contributed by atoms with Crippen molar-refractivity contribution in [3.63, 3.8) is 0 Å². The van der Waals surface area contributed by atoms with E-state index in [2.05, 4.69) is 29.9 Å². The summed E-state index contributed by atoms with van der Waals surface area (Å²) in [4.78, 5) is 18.0. The summed E-state index contributed by atoms with van der Waals surface area (Å²) in [6.07, 6.45) is 0.975. The highest BCUT2D eigenvalue weighted by atomic mass is 16.1. The zero-order valence-electron chi connectivity index (χ0n) is 9.92. The Hall–Kier alpha value is -2.03. The molecule has 0 aliphatic heterocycles. The number of aryl methyl sites for hydroxylation is 2. The maximum absolute atomic E-state index is 11.3. The lowest BCUT2D eigenvalue weighted by Crippen LogP contribution is -1.93. The van der Waals surface area contributed by atoms with Crippen LogP contribution in [0.4, 0.5) is 0 Å². The Morgan fingerprint density at radius 1 is 1.12 bits per heavy atom. The van der Waals surface area contributed by atoms with Crippen LogP contribution in [0.5, 0.6) is 0 Å². The average Bonchev–Trinajstić information content (AvgIpc) is 2.67. The Bertz CT molecular complexity index is 765. The van der Waals surface area contributed by atoms with E-state index in [0.717, 1.165) is 28.5 Å². The van der Waals surface area contributed by atoms with Crippen LogP contribution in [0.25, 0.3) is 21.8 Å². The number of hydrogen-bond donors (Lipinski definition) is 2. The lowest BCUT2D eigenvalue weighted by Gasteiger charge is -2.02. The molecule has 0 aliphatic carbocycles. The number of hydrogen-bond acceptors (Lipinski definition) is 1. The van der Waals surface area contributed by atoms with E-state index in [9.17, 15) is 4.79 Å². The van der Waals surface area contributed by atoms with Crippen molar-refractivity contribution in [2.24, 2.45) is 0 Å². The van der Waals surface area contributed by atoms with E-state index < -0.39 is 0 Å². The van der Waals surface area contributed by atoms with Crippen LogP contribution in [-0.2, 0) is 6.42 Å². The van der Waals surface area contributed by atoms with E-state index in [1.165, 1.54) is 11.1 Å². The molecule has 3 rings (SSSR count). The molecule has 1 aromatic carbocycles. The van der Waals surface area contributed by atoms with Gasteiger partial charge in [0.15, 0.2) is 5.43 Å². The largest absolute Gasteiger partial charge is 0.361 e. The second kappa shape index (κ2) is 3.48. The number of H-pyrrole nitrogens is 2. The Labute approximate surface area is 98.5 Å². The van der Waals surface area contributed by atoms with E-state index in [1.54, 1.807) is 12.1 Å². The molecule has 86 valence electrons. The SMILES string of the molecule is CCc1cc2c([nH]c3cc(=O)ccc32)c(C)[nH]1. The fraction of sp³-hybridized carbons (Fsp3) is 0.214. The number of aromatic amines is 2. The summed E-state index contributed by atoms with van der Waals surface area (Å²) < 4.78 is 0. The Kier molecular flexibility index (Phi) is 2.08. The fourth-order valence-electron chi connectivity index (χ4n) is 2.35. The molecule has 3 nitrogen and oxygen atoms in total. The predicted octanol–water partition coefficient (Wildman–Crippen LogP) is 2.88. The number of nitrogens with one attached hydrogen (secondary N) is 2. The standard InChI is InChI=1S/C14H14N2O/c1-3-9-6-12-11-5-4-10(17)7-13(11)16-14(12)8(2)15-9/h4-7,15-16H,3H2,1-2H3. The summed E-state index contributed by atoms with van der Waals surface area (Å²) in [5.74, 6) is 0. The molecule has 2 N–H and O–H groups in total. The molecule has 0 atom stereocenters. The number of benzene rings is 1. The molecule has 3 heteroatoms. The molecule has 0 saturated heterocycles. The van der Waals surface area contributed by atoms with Gasteiger partial charge < -0.3 is 9.97 Å². The first-order valence-corrected chi connectivity index (χ1v) is 5.83. The second-order valence-corrected chi connectivity index (χ2v) is 4.39. The van der Waals surface area contributed by atoms with Gasteiger partial charge in [-0.25, -0.2) is 0 Å². The highest BCUT2D eigenvalue weighted by Crippen LogP contribution is 2.26. The van der Waals surface area contributed by atoms with Gasteiger partial charge in [-0.2, -0.15) is 0 Å². The van der Waals surface area contributed by atoms with Crippen LogP contribution < -0.4 is 5.43 Å². The first kappa shape index (κ1) is 10.1. The van der Waals surface area contributed by atoms with Crippen LogP contribution in [0.15, 0.2) is 29.1 Å². The van der Waals surface area contributed by atoms with Gasteiger partial charge >= 0.3 is 0 Å². The van der Waals surface area contributed by atoms with Crippen LogP contribution in [0.1, 0.15) is 18.3 Å². The van der Waals surface area contributed by atoms with Crippen molar-refractivity contribution < 1.29 is 0 Å². The summed E-state index contributed by atoms with van der Waals surface area (Å²) in [5.41, 5.74) is 4.37. The lowest BCUT2D eigenvalue weighted by molar-refractivity contribution is 1.02. The topological polar surface area (TPSA) is 48.6 Å². The minimum atomic E-state index is 0.0430. The highest BCUT2D eigenvalue weighted by molar-refractivity contribution is 6.07. The van der Waals surface area contributed by atoms with Gasteiger partial charge in [0.2, 0.25) is 0 Å². The third-order valence-electron chi connectivity index (χ3n) is 3.23. The van der Waals surface area contributed by atoms with Crippen molar-refractivity contribution in [1.82, 2.24) is 9.97 Å². The quantitative estimate of drug-likeness (QED) is 0.658. The van der Waals surface area contributed by atoms with Crippen molar-refractivity contribution in [1.29, 1.82) is 0 Å². The molecular formula is C14H14N2O. The molecule has 0 saturated carbocycles. The van der Waals surface area contributed by atoms with Gasteiger partial charge in [-0.15, -0.1) is 0 Å². The molecule has 0 aliphatic rings. The molecule has 0 unspecified atom stereocenters. The van der Waals surface area contributed by atoms with Crippen molar-refractivity contribution in [2.75, 3.05) is 0 Å². The first-order valence-electron chi connectivity index (χ1n) is 5.83. The minimum Gasteiger partial charge on any atom is -0.361 e. The van der Waals surface area contributed by atoms with Gasteiger partial charge in [0.1, 0.15) is 0 Å². The van der Waals surface area contributed by atoms with E-state index in [-0.39, 0.29) is 5.43 Å². The summed E-state index contributed by atoms with van der Waals surface area (Å²) >= 11 is 0. The molecule has 2 heterocycles. The molecule has 0 spiro atoms. The van der Waals surface area contributed by atoms with E-state index in [4.69, 9.17) is 0 Å². The minimum absolute atomic E-state index is 0.0430. The van der Waals surface area contributed by atoms with Crippen molar-refractivity contribution in [3.05, 3.63) is 45.9 Å². The lowest BCUT2D eigenvalue weighted by atomic mass is 10.1. The van der Waals surface area contributed by atoms with Crippen molar-refractivity contribution in [3.8, 4) is 0 Å². The van der Waals surface area contributed by atoms with Crippen molar-refractivity contribution >= 4 is 21.8 Å². The molecule has 2 aromatic heterocycles. The van der Waals surface area contributed by atoms with Crippen molar-refractivity contribution in [2.45, 2.75) is 20.3 Å². The van der Waals surface area contributed by atoms with E-state index in [0.29, 0.717) is 0 Å². The maximum Gasteiger partial charge on any atom is 0.180 e. The Balaban J connectivity index is 2.52. The van der Waals surface area contributed by atoms with Crippen LogP contribution in [0, 0.1) is 6.92 Å². The summed E-state index contributed by atoms with van der Waals surface area (Å²) in [7, 11) is 0. The summed E-state index contributed by atoms with van der Waals surface area (Å²) in [6.45, 7) is 4.18. The van der Waals surface area contributed by atoms with Gasteiger partial charge in [-0.1, -0.05) is 6.92 Å². The van der Waals surface area contributed by atoms with Crippen LogP contribution >= 0.6 is 0 Å². The van der Waals surface area contributed by atoms with Crippen LogP contribution in [0.2, 0.25) is 0 Å². The number of aromatic nitrogens is 2. The predicted molar refractivity (Wildman–Crippen MR) is 70.5 cm³/mol. The normalized spacial score (nSPS) is 11.4. The monoisotopic (exact) mass is 226 g/mol. The third kappa shape index (κ3) is 1.46. The van der Waals surface area contributed by atoms with E-state index in [1.807, 2.05) is 6.07 Å². The zero-order valence-corrected chi connectivity index (χ0v) is 9.92. The molecule has 0 radical (unpaired) electrons. The van der Waals surface area contributed by atoms with Gasteiger partial charge in [-0.05, 0) is 31.5 Å². The summed E-state index contributed by atoms with van der Waals surface area (Å²) in [6, 6.07) is 7.33. The highest BCUT2D eigenvalue weighted by Gasteiger charge is 2.07. The average molecular weight is 226 g/mol. The van der Waals surface area contributed by atoms with Gasteiger partial charge in [0, 0.05) is 28.2 Å². The molecular weight excluding hydrogens is 212 g/mol. The third-order valence-corrected chi connectivity index (χ3v) is 3.23. The molecule has 17 heavy (non-hydrogen) atoms. The number of pyridine rings is 1. The first-order chi connectivity index (χ1) is 8.19. The molecule has 0 bridgehead atoms. The Morgan fingerprint density at radius 3 is 2.71 bits per heavy atom. The van der Waals surface area contributed by atoms with Gasteiger partial charge in [0.25, 0.3) is 0 Å². The fourth-order valence-corrected chi connectivity index (χ4v) is 2.35. The molecule has 3 aromatic rings. The van der Waals surface area contributed by atoms with Gasteiger partial charge in [0.05, 0.1) is 11.0 Å². The van der Waals surface area contributed by atoms with Crippen LogP contribution in [-0.4, -0.2) is 9.97 Å². The Morgan fingerprint density at radius 2 is 1.94 bits per heavy atom. The molecule has 0 fully saturated rings. The maximum atomic E-state index is 11.3. The number of fused-ring (bicyclic) bond motifs is 3. The molecule has 0 amide bonds. The number of rotatable bonds is 1. The van der Waals surface area contributed by atoms with Gasteiger partial charge in [-0.3, -0.25) is 4.79 Å². The smallest absolute Gasteiger partial charge is 0.180 e. The zero-order chi connectivity index (χ0) is 12.0. The second-order valence-electron chi connectivity index (χ2n) is 4.39. The van der Waals surface area contributed by atoms with E-state index >= 15 is 0 Å².